The number of quaternary nitrogens is 1. The van der Waals surface area contributed by atoms with Gasteiger partial charge in [0.25, 0.3) is 7.82 Å². The summed E-state index contributed by atoms with van der Waals surface area (Å²) in [5.74, 6) is -0.566. The predicted octanol–water partition coefficient (Wildman–Crippen LogP) is 18.9. The van der Waals surface area contributed by atoms with Crippen LogP contribution in [0.5, 0.6) is 0 Å². The number of likely N-dealkylation sites (N-methyl/N-ethyl adjacent to an activating group) is 1. The zero-order valence-electron chi connectivity index (χ0n) is 50.6. The standard InChI is InChI=1S/C67H119N2O7P/c1-7-10-13-16-19-22-25-27-29-31-32-33-34-35-36-38-40-42-45-48-51-54-57-60-67(71)76-65(58-55-52-49-46-43-24-21-18-15-12-9-3)64(63-75-77(72,73)74-62-61-69(4,5)6)68-66(70)59-56-53-50-47-44-41-39-37-30-28-26-23-20-17-14-11-8-2/h10,13,19-20,22-23,27-30,32-33,35-36,55,58,64-65H,7-9,11-12,14-18,21,24-26,31,34,37-54,56-57,59-63H2,1-6H3,(H-,68,70,72,73)/b13-10-,22-19-,23-20-,29-27-,30-28-,33-32-,36-35-,58-55-. The van der Waals surface area contributed by atoms with Crippen molar-refractivity contribution in [2.75, 3.05) is 40.9 Å². The lowest BCUT2D eigenvalue weighted by molar-refractivity contribution is -0.870. The molecule has 0 bridgehead atoms. The number of nitrogens with zero attached hydrogens (tertiary/aromatic N) is 1. The number of hydrogen-bond acceptors (Lipinski definition) is 7. The number of allylic oxidation sites excluding steroid dienone is 15. The van der Waals surface area contributed by atoms with Crippen LogP contribution in [0.1, 0.15) is 265 Å². The molecule has 0 saturated carbocycles. The maximum atomic E-state index is 13.5. The van der Waals surface area contributed by atoms with Crippen LogP contribution in [-0.2, 0) is 27.9 Å². The van der Waals surface area contributed by atoms with Crippen LogP contribution in [0.3, 0.4) is 0 Å². The Balaban J connectivity index is 5.22. The summed E-state index contributed by atoms with van der Waals surface area (Å²) in [7, 11) is 1.16. The molecule has 3 atom stereocenters. The lowest BCUT2D eigenvalue weighted by atomic mass is 10.1. The first-order valence-electron chi connectivity index (χ1n) is 31.5. The van der Waals surface area contributed by atoms with Crippen molar-refractivity contribution in [1.29, 1.82) is 0 Å². The Hall–Kier alpha value is -3.07. The van der Waals surface area contributed by atoms with E-state index >= 15 is 0 Å². The van der Waals surface area contributed by atoms with E-state index in [-0.39, 0.29) is 24.9 Å². The Morgan fingerprint density at radius 2 is 0.831 bits per heavy atom. The number of phosphoric acid groups is 1. The fourth-order valence-corrected chi connectivity index (χ4v) is 9.36. The second kappa shape index (κ2) is 56.2. The predicted molar refractivity (Wildman–Crippen MR) is 330 cm³/mol. The number of carbonyl (C=O) groups excluding carboxylic acids is 2. The molecule has 9 nitrogen and oxygen atoms in total. The fraction of sp³-hybridized carbons (Fsp3) is 0.731. The zero-order valence-corrected chi connectivity index (χ0v) is 51.5. The third-order valence-corrected chi connectivity index (χ3v) is 14.5. The van der Waals surface area contributed by atoms with Gasteiger partial charge in [-0.25, -0.2) is 0 Å². The summed E-state index contributed by atoms with van der Waals surface area (Å²) in [6.07, 6.45) is 75.1. The summed E-state index contributed by atoms with van der Waals surface area (Å²) in [6.45, 7) is 6.68. The van der Waals surface area contributed by atoms with Crippen LogP contribution < -0.4 is 10.2 Å². The molecular formula is C67H119N2O7P. The molecule has 77 heavy (non-hydrogen) atoms. The highest BCUT2D eigenvalue weighted by Crippen LogP contribution is 2.38. The zero-order chi connectivity index (χ0) is 56.4. The van der Waals surface area contributed by atoms with Crippen molar-refractivity contribution in [2.45, 2.75) is 277 Å². The molecule has 0 aliphatic carbocycles. The van der Waals surface area contributed by atoms with Crippen molar-refractivity contribution in [2.24, 2.45) is 0 Å². The van der Waals surface area contributed by atoms with Gasteiger partial charge in [-0.2, -0.15) is 0 Å². The molecule has 10 heteroatoms. The Kier molecular flexibility index (Phi) is 54.0. The number of esters is 1. The maximum absolute atomic E-state index is 13.5. The highest BCUT2D eigenvalue weighted by atomic mass is 31.2. The monoisotopic (exact) mass is 1090 g/mol. The van der Waals surface area contributed by atoms with E-state index in [9.17, 15) is 19.0 Å². The first-order valence-corrected chi connectivity index (χ1v) is 33.0. The van der Waals surface area contributed by atoms with Gasteiger partial charge in [-0.05, 0) is 109 Å². The number of amides is 1. The number of phosphoric ester groups is 1. The minimum Gasteiger partial charge on any atom is -0.756 e. The highest BCUT2D eigenvalue weighted by Gasteiger charge is 2.27. The molecule has 0 aliphatic heterocycles. The number of hydrogen-bond donors (Lipinski definition) is 1. The first-order chi connectivity index (χ1) is 37.4. The number of ether oxygens (including phenoxy) is 1. The quantitative estimate of drug-likeness (QED) is 0.0212. The molecule has 1 amide bonds. The Morgan fingerprint density at radius 1 is 0.468 bits per heavy atom. The average Bonchev–Trinajstić information content (AvgIpc) is 3.39. The molecule has 0 spiro atoms. The van der Waals surface area contributed by atoms with Crippen molar-refractivity contribution < 1.29 is 37.3 Å². The summed E-state index contributed by atoms with van der Waals surface area (Å²) >= 11 is 0. The van der Waals surface area contributed by atoms with Gasteiger partial charge in [0.2, 0.25) is 5.91 Å². The van der Waals surface area contributed by atoms with Gasteiger partial charge in [-0.15, -0.1) is 0 Å². The van der Waals surface area contributed by atoms with Gasteiger partial charge in [0.1, 0.15) is 19.3 Å². The van der Waals surface area contributed by atoms with E-state index in [0.29, 0.717) is 23.9 Å². The highest BCUT2D eigenvalue weighted by molar-refractivity contribution is 7.45. The number of rotatable bonds is 56. The largest absolute Gasteiger partial charge is 0.756 e. The molecule has 0 aliphatic rings. The van der Waals surface area contributed by atoms with E-state index in [1.54, 1.807) is 0 Å². The van der Waals surface area contributed by atoms with E-state index in [4.69, 9.17) is 13.8 Å². The van der Waals surface area contributed by atoms with Crippen molar-refractivity contribution in [3.63, 3.8) is 0 Å². The molecule has 0 rings (SSSR count). The fourth-order valence-electron chi connectivity index (χ4n) is 8.64. The average molecular weight is 1100 g/mol. The third kappa shape index (κ3) is 57.4. The summed E-state index contributed by atoms with van der Waals surface area (Å²) in [5.41, 5.74) is 0. The molecule has 3 unspecified atom stereocenters. The van der Waals surface area contributed by atoms with Gasteiger partial charge < -0.3 is 28.5 Å². The second-order valence-corrected chi connectivity index (χ2v) is 23.6. The Bertz CT molecular complexity index is 1640. The molecule has 444 valence electrons. The van der Waals surface area contributed by atoms with E-state index in [2.05, 4.69) is 111 Å². The van der Waals surface area contributed by atoms with Crippen LogP contribution in [0.15, 0.2) is 97.2 Å². The minimum atomic E-state index is -4.71. The normalized spacial score (nSPS) is 14.3. The molecular weight excluding hydrogens is 976 g/mol. The van der Waals surface area contributed by atoms with Crippen LogP contribution in [0, 0.1) is 0 Å². The first kappa shape index (κ1) is 73.9. The number of unbranched alkanes of at least 4 members (excludes halogenated alkanes) is 26. The molecule has 0 saturated heterocycles. The Labute approximate surface area is 475 Å². The van der Waals surface area contributed by atoms with E-state index in [0.717, 1.165) is 116 Å². The van der Waals surface area contributed by atoms with Gasteiger partial charge in [0.15, 0.2) is 0 Å². The van der Waals surface area contributed by atoms with Crippen molar-refractivity contribution in [3.05, 3.63) is 97.2 Å². The molecule has 0 radical (unpaired) electrons. The lowest BCUT2D eigenvalue weighted by Crippen LogP contribution is -2.47. The van der Waals surface area contributed by atoms with Crippen molar-refractivity contribution in [1.82, 2.24) is 5.32 Å². The molecule has 0 heterocycles. The van der Waals surface area contributed by atoms with Crippen LogP contribution in [0.25, 0.3) is 0 Å². The van der Waals surface area contributed by atoms with Crippen molar-refractivity contribution >= 4 is 19.7 Å². The molecule has 1 N–H and O–H groups in total. The van der Waals surface area contributed by atoms with Crippen LogP contribution in [0.2, 0.25) is 0 Å². The molecule has 0 aromatic rings. The SMILES string of the molecule is CC/C=C\C/C=C\C/C=C\C/C=C\C/C=C\CCCCCCCCCC(=O)OC(/C=C\CCCCCCCCCCC)C(COP(=O)([O-])OCC[N+](C)(C)C)NC(=O)CCCCCCCCC/C=C\C/C=C\CCCCC. The van der Waals surface area contributed by atoms with E-state index < -0.39 is 26.6 Å². The van der Waals surface area contributed by atoms with E-state index in [1.165, 1.54) is 109 Å². The summed E-state index contributed by atoms with van der Waals surface area (Å²) in [6, 6.07) is -0.902. The second-order valence-electron chi connectivity index (χ2n) is 22.2. The van der Waals surface area contributed by atoms with Crippen LogP contribution in [-0.4, -0.2) is 69.4 Å². The van der Waals surface area contributed by atoms with Gasteiger partial charge >= 0.3 is 5.97 Å². The summed E-state index contributed by atoms with van der Waals surface area (Å²) in [4.78, 5) is 40.0. The molecule has 0 aromatic heterocycles. The Morgan fingerprint density at radius 3 is 1.27 bits per heavy atom. The topological polar surface area (TPSA) is 114 Å². The van der Waals surface area contributed by atoms with Gasteiger partial charge in [0.05, 0.1) is 33.8 Å². The van der Waals surface area contributed by atoms with Gasteiger partial charge in [-0.1, -0.05) is 240 Å². The van der Waals surface area contributed by atoms with Crippen molar-refractivity contribution in [3.8, 4) is 0 Å². The summed E-state index contributed by atoms with van der Waals surface area (Å²) < 4.78 is 30.3. The van der Waals surface area contributed by atoms with Crippen LogP contribution in [0.4, 0.5) is 0 Å². The summed E-state index contributed by atoms with van der Waals surface area (Å²) in [5, 5.41) is 3.02. The molecule has 0 fully saturated rings. The third-order valence-electron chi connectivity index (χ3n) is 13.5. The molecule has 0 aromatic carbocycles. The smallest absolute Gasteiger partial charge is 0.306 e. The number of carbonyl (C=O) groups is 2. The maximum Gasteiger partial charge on any atom is 0.306 e. The lowest BCUT2D eigenvalue weighted by Gasteiger charge is -2.30. The van der Waals surface area contributed by atoms with E-state index in [1.807, 2.05) is 33.3 Å². The van der Waals surface area contributed by atoms with Crippen LogP contribution >= 0.6 is 7.82 Å². The number of nitrogens with one attached hydrogen (secondary N) is 1. The van der Waals surface area contributed by atoms with Gasteiger partial charge in [0, 0.05) is 12.8 Å². The minimum absolute atomic E-state index is 0.0301. The van der Waals surface area contributed by atoms with Gasteiger partial charge in [-0.3, -0.25) is 14.2 Å².